The lowest BCUT2D eigenvalue weighted by Crippen LogP contribution is -2.42. The quantitative estimate of drug-likeness (QED) is 0.785. The number of hydrogen-bond donors (Lipinski definition) is 2. The Morgan fingerprint density at radius 1 is 1.17 bits per heavy atom. The first-order chi connectivity index (χ1) is 11.6. The van der Waals surface area contributed by atoms with Crippen LogP contribution in [0, 0.1) is 5.92 Å². The molecule has 1 aromatic carbocycles. The molecule has 1 aromatic rings. The van der Waals surface area contributed by atoms with E-state index in [0.29, 0.717) is 24.4 Å². The molecule has 1 saturated carbocycles. The van der Waals surface area contributed by atoms with E-state index in [9.17, 15) is 14.4 Å². The van der Waals surface area contributed by atoms with E-state index in [0.717, 1.165) is 25.7 Å². The van der Waals surface area contributed by atoms with E-state index >= 15 is 0 Å². The standard InChI is InChI=1S/C18H24N2O4/c1-2-19-18(23)20-17(22)16(14-10-4-3-5-11-14)24-15(21)12-13-8-6-7-9-13/h3-5,10-11,13,16H,2,6-9,12H2,1H3,(H2,19,20,22,23)/t16-/m1/s1. The van der Waals surface area contributed by atoms with E-state index in [2.05, 4.69) is 10.6 Å². The lowest BCUT2D eigenvalue weighted by molar-refractivity contribution is -0.157. The lowest BCUT2D eigenvalue weighted by Gasteiger charge is -2.18. The summed E-state index contributed by atoms with van der Waals surface area (Å²) in [5.74, 6) is -0.714. The van der Waals surface area contributed by atoms with Crippen molar-refractivity contribution in [1.82, 2.24) is 10.6 Å². The first-order valence-electron chi connectivity index (χ1n) is 8.43. The molecule has 0 unspecified atom stereocenters. The minimum Gasteiger partial charge on any atom is -0.447 e. The van der Waals surface area contributed by atoms with Crippen molar-refractivity contribution in [3.63, 3.8) is 0 Å². The molecule has 0 radical (unpaired) electrons. The summed E-state index contributed by atoms with van der Waals surface area (Å²) in [7, 11) is 0. The molecule has 6 nitrogen and oxygen atoms in total. The summed E-state index contributed by atoms with van der Waals surface area (Å²) >= 11 is 0. The van der Waals surface area contributed by atoms with Gasteiger partial charge >= 0.3 is 12.0 Å². The molecule has 0 bridgehead atoms. The number of hydrogen-bond acceptors (Lipinski definition) is 4. The van der Waals surface area contributed by atoms with Gasteiger partial charge in [-0.05, 0) is 25.7 Å². The number of imide groups is 1. The normalized spacial score (nSPS) is 15.5. The van der Waals surface area contributed by atoms with Gasteiger partial charge in [0.25, 0.3) is 5.91 Å². The van der Waals surface area contributed by atoms with Crippen molar-refractivity contribution in [3.8, 4) is 0 Å². The van der Waals surface area contributed by atoms with E-state index in [1.165, 1.54) is 0 Å². The molecule has 0 saturated heterocycles. The van der Waals surface area contributed by atoms with Crippen LogP contribution in [0.1, 0.15) is 50.7 Å². The average Bonchev–Trinajstić information content (AvgIpc) is 3.06. The van der Waals surface area contributed by atoms with Gasteiger partial charge in [0.1, 0.15) is 0 Å². The average molecular weight is 332 g/mol. The second-order valence-corrected chi connectivity index (χ2v) is 5.98. The molecule has 1 aliphatic rings. The number of benzene rings is 1. The molecule has 3 amide bonds. The maximum atomic E-state index is 12.4. The zero-order chi connectivity index (χ0) is 17.4. The van der Waals surface area contributed by atoms with Gasteiger partial charge in [0, 0.05) is 18.5 Å². The van der Waals surface area contributed by atoms with E-state index in [1.54, 1.807) is 31.2 Å². The minimum absolute atomic E-state index is 0.317. The highest BCUT2D eigenvalue weighted by molar-refractivity contribution is 5.97. The van der Waals surface area contributed by atoms with Crippen LogP contribution >= 0.6 is 0 Å². The van der Waals surface area contributed by atoms with E-state index in [-0.39, 0.29) is 0 Å². The molecule has 0 heterocycles. The Kier molecular flexibility index (Phi) is 6.78. The highest BCUT2D eigenvalue weighted by atomic mass is 16.5. The van der Waals surface area contributed by atoms with Crippen molar-refractivity contribution >= 4 is 17.9 Å². The first kappa shape index (κ1) is 18.0. The molecule has 24 heavy (non-hydrogen) atoms. The first-order valence-corrected chi connectivity index (χ1v) is 8.43. The smallest absolute Gasteiger partial charge is 0.321 e. The summed E-state index contributed by atoms with van der Waals surface area (Å²) in [6.45, 7) is 2.15. The molecule has 1 fully saturated rings. The van der Waals surface area contributed by atoms with Gasteiger partial charge in [0.05, 0.1) is 0 Å². The van der Waals surface area contributed by atoms with Crippen molar-refractivity contribution < 1.29 is 19.1 Å². The molecular weight excluding hydrogens is 308 g/mol. The van der Waals surface area contributed by atoms with Crippen LogP contribution in [0.15, 0.2) is 30.3 Å². The van der Waals surface area contributed by atoms with Gasteiger partial charge in [-0.1, -0.05) is 43.2 Å². The molecule has 2 rings (SSSR count). The zero-order valence-electron chi connectivity index (χ0n) is 13.9. The Labute approximate surface area is 142 Å². The topological polar surface area (TPSA) is 84.5 Å². The highest BCUT2D eigenvalue weighted by Crippen LogP contribution is 2.29. The predicted molar refractivity (Wildman–Crippen MR) is 89.1 cm³/mol. The molecule has 0 aromatic heterocycles. The fourth-order valence-electron chi connectivity index (χ4n) is 2.91. The second-order valence-electron chi connectivity index (χ2n) is 5.98. The summed E-state index contributed by atoms with van der Waals surface area (Å²) in [4.78, 5) is 36.1. The molecule has 0 aliphatic heterocycles. The zero-order valence-corrected chi connectivity index (χ0v) is 13.9. The summed E-state index contributed by atoms with van der Waals surface area (Å²) in [6, 6.07) is 8.12. The van der Waals surface area contributed by atoms with E-state index < -0.39 is 24.0 Å². The number of carbonyl (C=O) groups excluding carboxylic acids is 3. The predicted octanol–water partition coefficient (Wildman–Crippen LogP) is 2.70. The van der Waals surface area contributed by atoms with Gasteiger partial charge in [-0.25, -0.2) is 4.79 Å². The third-order valence-corrected chi connectivity index (χ3v) is 4.09. The Morgan fingerprint density at radius 2 is 1.83 bits per heavy atom. The van der Waals surface area contributed by atoms with Crippen LogP contribution in [0.25, 0.3) is 0 Å². The fraction of sp³-hybridized carbons (Fsp3) is 0.500. The van der Waals surface area contributed by atoms with Crippen LogP contribution in [0.3, 0.4) is 0 Å². The van der Waals surface area contributed by atoms with Crippen LogP contribution in [0.5, 0.6) is 0 Å². The third-order valence-electron chi connectivity index (χ3n) is 4.09. The van der Waals surface area contributed by atoms with Crippen molar-refractivity contribution in [2.45, 2.75) is 45.1 Å². The SMILES string of the molecule is CCNC(=O)NC(=O)[C@H](OC(=O)CC1CCCC1)c1ccccc1. The molecule has 2 N–H and O–H groups in total. The number of amides is 3. The Balaban J connectivity index is 2.03. The molecule has 0 spiro atoms. The van der Waals surface area contributed by atoms with Crippen molar-refractivity contribution in [2.75, 3.05) is 6.54 Å². The van der Waals surface area contributed by atoms with Gasteiger partial charge in [0.2, 0.25) is 6.10 Å². The van der Waals surface area contributed by atoms with Crippen LogP contribution in [0.4, 0.5) is 4.79 Å². The Bertz CT molecular complexity index is 568. The number of rotatable bonds is 6. The lowest BCUT2D eigenvalue weighted by atomic mass is 10.0. The summed E-state index contributed by atoms with van der Waals surface area (Å²) < 4.78 is 5.41. The fourth-order valence-corrected chi connectivity index (χ4v) is 2.91. The largest absolute Gasteiger partial charge is 0.447 e. The second kappa shape index (κ2) is 9.05. The van der Waals surface area contributed by atoms with Gasteiger partial charge in [-0.2, -0.15) is 0 Å². The van der Waals surface area contributed by atoms with Gasteiger partial charge in [0.15, 0.2) is 0 Å². The number of carbonyl (C=O) groups is 3. The summed E-state index contributed by atoms with van der Waals surface area (Å²) in [6.07, 6.45) is 3.52. The van der Waals surface area contributed by atoms with Gasteiger partial charge < -0.3 is 10.1 Å². The number of ether oxygens (including phenoxy) is 1. The maximum Gasteiger partial charge on any atom is 0.321 e. The van der Waals surface area contributed by atoms with Crippen molar-refractivity contribution in [2.24, 2.45) is 5.92 Å². The van der Waals surface area contributed by atoms with Crippen LogP contribution in [-0.2, 0) is 14.3 Å². The monoisotopic (exact) mass is 332 g/mol. The molecular formula is C18H24N2O4. The van der Waals surface area contributed by atoms with Crippen LogP contribution in [0.2, 0.25) is 0 Å². The maximum absolute atomic E-state index is 12.4. The van der Waals surface area contributed by atoms with Gasteiger partial charge in [-0.15, -0.1) is 0 Å². The third kappa shape index (κ3) is 5.37. The van der Waals surface area contributed by atoms with Crippen molar-refractivity contribution in [1.29, 1.82) is 0 Å². The Morgan fingerprint density at radius 3 is 2.46 bits per heavy atom. The van der Waals surface area contributed by atoms with Crippen LogP contribution < -0.4 is 10.6 Å². The molecule has 130 valence electrons. The number of nitrogens with one attached hydrogen (secondary N) is 2. The van der Waals surface area contributed by atoms with E-state index in [1.807, 2.05) is 6.07 Å². The molecule has 1 aliphatic carbocycles. The number of esters is 1. The van der Waals surface area contributed by atoms with Gasteiger partial charge in [-0.3, -0.25) is 14.9 Å². The number of urea groups is 1. The van der Waals surface area contributed by atoms with Crippen LogP contribution in [-0.4, -0.2) is 24.5 Å². The molecule has 1 atom stereocenters. The minimum atomic E-state index is -1.12. The summed E-state index contributed by atoms with van der Waals surface area (Å²) in [5.41, 5.74) is 0.541. The highest BCUT2D eigenvalue weighted by Gasteiger charge is 2.28. The van der Waals surface area contributed by atoms with E-state index in [4.69, 9.17) is 4.74 Å². The summed E-state index contributed by atoms with van der Waals surface area (Å²) in [5, 5.41) is 4.70. The Hall–Kier alpha value is -2.37. The van der Waals surface area contributed by atoms with Crippen molar-refractivity contribution in [3.05, 3.63) is 35.9 Å². The molecule has 6 heteroatoms.